The number of carbonyl (C=O) groups is 1. The minimum absolute atomic E-state index is 0.0163. The summed E-state index contributed by atoms with van der Waals surface area (Å²) in [5, 5.41) is 0.734. The second-order valence-corrected chi connectivity index (χ2v) is 5.17. The van der Waals surface area contributed by atoms with Gasteiger partial charge >= 0.3 is 6.29 Å². The lowest BCUT2D eigenvalue weighted by Gasteiger charge is -2.16. The van der Waals surface area contributed by atoms with Crippen molar-refractivity contribution in [3.63, 3.8) is 0 Å². The largest absolute Gasteiger partial charge is 0.586 e. The average Bonchev–Trinajstić information content (AvgIpc) is 2.86. The highest BCUT2D eigenvalue weighted by molar-refractivity contribution is 9.09. The van der Waals surface area contributed by atoms with Gasteiger partial charge in [0.15, 0.2) is 11.5 Å². The molecule has 1 amide bonds. The summed E-state index contributed by atoms with van der Waals surface area (Å²) in [5.74, 6) is 0.157. The van der Waals surface area contributed by atoms with Crippen molar-refractivity contribution in [2.75, 3.05) is 16.8 Å². The lowest BCUT2D eigenvalue weighted by molar-refractivity contribution is -0.286. The van der Waals surface area contributed by atoms with E-state index in [2.05, 4.69) is 25.4 Å². The lowest BCUT2D eigenvalue weighted by atomic mass is 10.2. The Labute approximate surface area is 116 Å². The molecule has 1 atom stereocenters. The minimum atomic E-state index is -3.63. The van der Waals surface area contributed by atoms with Gasteiger partial charge in [-0.15, -0.1) is 8.78 Å². The van der Waals surface area contributed by atoms with Crippen LogP contribution in [0.4, 0.5) is 14.5 Å². The number of ether oxygens (including phenoxy) is 2. The molecule has 102 valence electrons. The third-order valence-electron chi connectivity index (χ3n) is 3.12. The van der Waals surface area contributed by atoms with Gasteiger partial charge in [-0.05, 0) is 18.1 Å². The summed E-state index contributed by atoms with van der Waals surface area (Å²) >= 11 is 3.35. The molecule has 2 aliphatic rings. The number of halogens is 3. The molecule has 19 heavy (non-hydrogen) atoms. The molecule has 0 spiro atoms. The van der Waals surface area contributed by atoms with E-state index >= 15 is 0 Å². The Kier molecular flexibility index (Phi) is 2.88. The summed E-state index contributed by atoms with van der Waals surface area (Å²) in [6.45, 7) is 0.570. The van der Waals surface area contributed by atoms with Gasteiger partial charge in [-0.25, -0.2) is 0 Å². The fraction of sp³-hybridized carbons (Fsp3) is 0.417. The SMILES string of the molecule is O=C1CC(CBr)CN1c1ccc2c(c1)OC(F)(F)O2. The second kappa shape index (κ2) is 4.33. The molecular weight excluding hydrogens is 324 g/mol. The van der Waals surface area contributed by atoms with Crippen molar-refractivity contribution in [3.05, 3.63) is 18.2 Å². The molecule has 3 rings (SSSR count). The van der Waals surface area contributed by atoms with Crippen molar-refractivity contribution in [3.8, 4) is 11.5 Å². The number of rotatable bonds is 2. The van der Waals surface area contributed by atoms with Gasteiger partial charge in [0.25, 0.3) is 0 Å². The number of benzene rings is 1. The van der Waals surface area contributed by atoms with E-state index in [4.69, 9.17) is 0 Å². The molecule has 1 aromatic rings. The Morgan fingerprint density at radius 2 is 2.11 bits per heavy atom. The van der Waals surface area contributed by atoms with Crippen LogP contribution in [0, 0.1) is 5.92 Å². The fourth-order valence-electron chi connectivity index (χ4n) is 2.24. The van der Waals surface area contributed by atoms with Crippen LogP contribution in [0.15, 0.2) is 18.2 Å². The van der Waals surface area contributed by atoms with E-state index in [1.54, 1.807) is 11.0 Å². The topological polar surface area (TPSA) is 38.8 Å². The summed E-state index contributed by atoms with van der Waals surface area (Å²) in [6.07, 6.45) is -3.18. The minimum Gasteiger partial charge on any atom is -0.395 e. The number of hydrogen-bond donors (Lipinski definition) is 0. The van der Waals surface area contributed by atoms with Gasteiger partial charge in [-0.1, -0.05) is 15.9 Å². The van der Waals surface area contributed by atoms with Gasteiger partial charge in [-0.2, -0.15) is 0 Å². The highest BCUT2D eigenvalue weighted by atomic mass is 79.9. The number of carbonyl (C=O) groups excluding carboxylic acids is 1. The van der Waals surface area contributed by atoms with Gasteiger partial charge in [0.05, 0.1) is 0 Å². The molecule has 1 saturated heterocycles. The number of anilines is 1. The summed E-state index contributed by atoms with van der Waals surface area (Å²) < 4.78 is 34.5. The van der Waals surface area contributed by atoms with Crippen molar-refractivity contribution in [2.24, 2.45) is 5.92 Å². The predicted molar refractivity (Wildman–Crippen MR) is 66.9 cm³/mol. The zero-order valence-electron chi connectivity index (χ0n) is 9.74. The molecule has 2 heterocycles. The summed E-state index contributed by atoms with van der Waals surface area (Å²) in [6, 6.07) is 4.38. The first-order valence-corrected chi connectivity index (χ1v) is 6.87. The van der Waals surface area contributed by atoms with Crippen LogP contribution in [0.3, 0.4) is 0 Å². The van der Waals surface area contributed by atoms with Crippen LogP contribution in [0.5, 0.6) is 11.5 Å². The average molecular weight is 334 g/mol. The molecular formula is C12H10BrF2NO3. The Bertz CT molecular complexity index is 538. The molecule has 0 bridgehead atoms. The fourth-order valence-corrected chi connectivity index (χ4v) is 2.67. The number of amides is 1. The van der Waals surface area contributed by atoms with Gasteiger partial charge < -0.3 is 14.4 Å². The molecule has 1 unspecified atom stereocenters. The number of alkyl halides is 3. The second-order valence-electron chi connectivity index (χ2n) is 4.53. The first-order chi connectivity index (χ1) is 8.98. The molecule has 0 aromatic heterocycles. The first-order valence-electron chi connectivity index (χ1n) is 5.75. The van der Waals surface area contributed by atoms with E-state index < -0.39 is 6.29 Å². The van der Waals surface area contributed by atoms with E-state index in [1.807, 2.05) is 0 Å². The molecule has 0 radical (unpaired) electrons. The molecule has 2 aliphatic heterocycles. The van der Waals surface area contributed by atoms with Crippen molar-refractivity contribution in [1.82, 2.24) is 0 Å². The zero-order chi connectivity index (χ0) is 13.6. The monoisotopic (exact) mass is 333 g/mol. The molecule has 0 saturated carbocycles. The maximum Gasteiger partial charge on any atom is 0.586 e. The van der Waals surface area contributed by atoms with Crippen LogP contribution < -0.4 is 14.4 Å². The molecule has 0 aliphatic carbocycles. The maximum absolute atomic E-state index is 12.9. The Balaban J connectivity index is 1.86. The van der Waals surface area contributed by atoms with E-state index in [9.17, 15) is 13.6 Å². The van der Waals surface area contributed by atoms with Crippen molar-refractivity contribution in [2.45, 2.75) is 12.7 Å². The van der Waals surface area contributed by atoms with Gasteiger partial charge in [-0.3, -0.25) is 4.79 Å². The van der Waals surface area contributed by atoms with Crippen LogP contribution in [-0.4, -0.2) is 24.1 Å². The number of hydrogen-bond acceptors (Lipinski definition) is 3. The molecule has 1 aromatic carbocycles. The summed E-state index contributed by atoms with van der Waals surface area (Å²) in [7, 11) is 0. The van der Waals surface area contributed by atoms with Crippen LogP contribution in [0.25, 0.3) is 0 Å². The normalized spacial score (nSPS) is 24.1. The molecule has 4 nitrogen and oxygen atoms in total. The van der Waals surface area contributed by atoms with Crippen LogP contribution in [-0.2, 0) is 4.79 Å². The van der Waals surface area contributed by atoms with Crippen molar-refractivity contribution < 1.29 is 23.0 Å². The zero-order valence-corrected chi connectivity index (χ0v) is 11.3. The van der Waals surface area contributed by atoms with Crippen LogP contribution in [0.2, 0.25) is 0 Å². The van der Waals surface area contributed by atoms with E-state index in [-0.39, 0.29) is 23.3 Å². The van der Waals surface area contributed by atoms with Gasteiger partial charge in [0, 0.05) is 30.0 Å². The lowest BCUT2D eigenvalue weighted by Crippen LogP contribution is -2.26. The summed E-state index contributed by atoms with van der Waals surface area (Å²) in [5.41, 5.74) is 0.550. The molecule has 0 N–H and O–H groups in total. The maximum atomic E-state index is 12.9. The quantitative estimate of drug-likeness (QED) is 0.781. The Hall–Kier alpha value is -1.37. The molecule has 1 fully saturated rings. The third kappa shape index (κ3) is 2.27. The van der Waals surface area contributed by atoms with Crippen LogP contribution >= 0.6 is 15.9 Å². The van der Waals surface area contributed by atoms with Gasteiger partial charge in [0.1, 0.15) is 0 Å². The highest BCUT2D eigenvalue weighted by Gasteiger charge is 2.44. The van der Waals surface area contributed by atoms with Gasteiger partial charge in [0.2, 0.25) is 5.91 Å². The highest BCUT2D eigenvalue weighted by Crippen LogP contribution is 2.43. The molecule has 7 heteroatoms. The first kappa shape index (κ1) is 12.7. The van der Waals surface area contributed by atoms with Crippen molar-refractivity contribution in [1.29, 1.82) is 0 Å². The number of fused-ring (bicyclic) bond motifs is 1. The standard InChI is InChI=1S/C12H10BrF2NO3/c13-5-7-3-11(17)16(6-7)8-1-2-9-10(4-8)19-12(14,15)18-9/h1-2,4,7H,3,5-6H2. The Morgan fingerprint density at radius 1 is 1.37 bits per heavy atom. The summed E-state index contributed by atoms with van der Waals surface area (Å²) in [4.78, 5) is 13.4. The van der Waals surface area contributed by atoms with E-state index in [1.165, 1.54) is 12.1 Å². The Morgan fingerprint density at radius 3 is 2.79 bits per heavy atom. The third-order valence-corrected chi connectivity index (χ3v) is 4.04. The number of nitrogens with zero attached hydrogens (tertiary/aromatic N) is 1. The van der Waals surface area contributed by atoms with Crippen molar-refractivity contribution >= 4 is 27.5 Å². The van der Waals surface area contributed by atoms with E-state index in [0.717, 1.165) is 5.33 Å². The smallest absolute Gasteiger partial charge is 0.395 e. The van der Waals surface area contributed by atoms with Crippen LogP contribution in [0.1, 0.15) is 6.42 Å². The predicted octanol–water partition coefficient (Wildman–Crippen LogP) is 2.76. The van der Waals surface area contributed by atoms with E-state index in [0.29, 0.717) is 18.7 Å².